The smallest absolute Gasteiger partial charge is 0.332 e. The van der Waals surface area contributed by atoms with Gasteiger partial charge in [0, 0.05) is 12.0 Å². The third-order valence-electron chi connectivity index (χ3n) is 2.96. The molecule has 7 heteroatoms. The maximum Gasteiger partial charge on any atom is 0.332 e. The maximum absolute atomic E-state index is 13.1. The second-order valence-corrected chi connectivity index (χ2v) is 5.64. The van der Waals surface area contributed by atoms with Gasteiger partial charge in [-0.05, 0) is 29.1 Å². The Labute approximate surface area is 137 Å². The molecule has 0 aliphatic carbocycles. The van der Waals surface area contributed by atoms with Crippen molar-refractivity contribution < 1.29 is 23.5 Å². The summed E-state index contributed by atoms with van der Waals surface area (Å²) >= 11 is 1.47. The van der Waals surface area contributed by atoms with Gasteiger partial charge in [0.15, 0.2) is 6.61 Å². The fourth-order valence-corrected chi connectivity index (χ4v) is 2.74. The van der Waals surface area contributed by atoms with Gasteiger partial charge in [-0.1, -0.05) is 18.2 Å². The first-order valence-corrected chi connectivity index (χ1v) is 7.71. The van der Waals surface area contributed by atoms with Crippen LogP contribution in [-0.4, -0.2) is 32.2 Å². The summed E-state index contributed by atoms with van der Waals surface area (Å²) in [5.74, 6) is -1.41. The van der Waals surface area contributed by atoms with Crippen LogP contribution in [0.5, 0.6) is 0 Å². The Morgan fingerprint density at radius 2 is 1.96 bits per heavy atom. The molecule has 1 aromatic carbocycles. The number of methoxy groups -OCH3 is 1. The quantitative estimate of drug-likeness (QED) is 0.787. The summed E-state index contributed by atoms with van der Waals surface area (Å²) < 4.78 is 22.5. The Morgan fingerprint density at radius 3 is 2.57 bits per heavy atom. The predicted molar refractivity (Wildman–Crippen MR) is 83.5 cm³/mol. The molecule has 0 fully saturated rings. The highest BCUT2D eigenvalue weighted by atomic mass is 32.1. The number of carbonyl (C=O) groups excluding carboxylic acids is 2. The number of halogens is 1. The van der Waals surface area contributed by atoms with Gasteiger partial charge in [-0.3, -0.25) is 4.79 Å². The maximum atomic E-state index is 13.1. The van der Waals surface area contributed by atoms with Crippen LogP contribution < -0.4 is 5.32 Å². The van der Waals surface area contributed by atoms with Crippen LogP contribution in [-0.2, 0) is 19.1 Å². The van der Waals surface area contributed by atoms with E-state index in [-0.39, 0.29) is 12.4 Å². The molecule has 0 saturated carbocycles. The summed E-state index contributed by atoms with van der Waals surface area (Å²) in [5, 5.41) is 4.67. The molecule has 1 N–H and O–H groups in total. The van der Waals surface area contributed by atoms with Crippen LogP contribution in [0.4, 0.5) is 4.39 Å². The van der Waals surface area contributed by atoms with Gasteiger partial charge in [-0.2, -0.15) is 0 Å². The minimum absolute atomic E-state index is 0.209. The fraction of sp³-hybridized carbons (Fsp3) is 0.250. The molecule has 0 aliphatic rings. The Bertz CT molecular complexity index is 643. The number of esters is 1. The third kappa shape index (κ3) is 5.15. The largest absolute Gasteiger partial charge is 0.454 e. The fourth-order valence-electron chi connectivity index (χ4n) is 1.94. The molecule has 1 atom stereocenters. The second kappa shape index (κ2) is 8.40. The number of hydrogen-bond acceptors (Lipinski definition) is 5. The van der Waals surface area contributed by atoms with Crippen LogP contribution in [0.15, 0.2) is 41.8 Å². The average Bonchev–Trinajstić information content (AvgIpc) is 3.06. The Hall–Kier alpha value is -2.25. The van der Waals surface area contributed by atoms with Gasteiger partial charge in [0.25, 0.3) is 5.91 Å². The number of amides is 1. The Morgan fingerprint density at radius 1 is 1.22 bits per heavy atom. The van der Waals surface area contributed by atoms with Crippen molar-refractivity contribution in [3.8, 4) is 0 Å². The molecule has 23 heavy (non-hydrogen) atoms. The zero-order valence-corrected chi connectivity index (χ0v) is 13.3. The van der Waals surface area contributed by atoms with E-state index in [1.807, 2.05) is 17.5 Å². The number of ether oxygens (including phenoxy) is 2. The monoisotopic (exact) mass is 337 g/mol. The Balaban J connectivity index is 2.05. The summed E-state index contributed by atoms with van der Waals surface area (Å²) in [6.45, 7) is -0.606. The number of carbonyl (C=O) groups is 2. The molecular formula is C16H16FNO4S. The van der Waals surface area contributed by atoms with Crippen molar-refractivity contribution in [1.29, 1.82) is 0 Å². The van der Waals surface area contributed by atoms with Crippen molar-refractivity contribution in [2.75, 3.05) is 20.3 Å². The predicted octanol–water partition coefficient (Wildman–Crippen LogP) is 2.28. The van der Waals surface area contributed by atoms with E-state index >= 15 is 0 Å². The highest BCUT2D eigenvalue weighted by Gasteiger charge is 2.18. The van der Waals surface area contributed by atoms with E-state index in [2.05, 4.69) is 10.1 Å². The minimum atomic E-state index is -0.614. The topological polar surface area (TPSA) is 64.6 Å². The van der Waals surface area contributed by atoms with Crippen molar-refractivity contribution in [3.05, 3.63) is 58.0 Å². The zero-order chi connectivity index (χ0) is 16.7. The van der Waals surface area contributed by atoms with E-state index in [0.717, 1.165) is 10.4 Å². The van der Waals surface area contributed by atoms with Crippen LogP contribution in [0, 0.1) is 5.82 Å². The first kappa shape index (κ1) is 17.1. The number of rotatable bonds is 7. The van der Waals surface area contributed by atoms with Gasteiger partial charge in [-0.25, -0.2) is 9.18 Å². The summed E-state index contributed by atoms with van der Waals surface area (Å²) in [6, 6.07) is 9.19. The third-order valence-corrected chi connectivity index (χ3v) is 3.90. The van der Waals surface area contributed by atoms with Crippen molar-refractivity contribution in [1.82, 2.24) is 5.32 Å². The average molecular weight is 337 g/mol. The molecule has 1 amide bonds. The lowest BCUT2D eigenvalue weighted by atomic mass is 10.1. The van der Waals surface area contributed by atoms with Crippen LogP contribution in [0.25, 0.3) is 0 Å². The van der Waals surface area contributed by atoms with E-state index in [1.54, 1.807) is 12.1 Å². The second-order valence-electron chi connectivity index (χ2n) is 4.66. The lowest BCUT2D eigenvalue weighted by molar-refractivity contribution is -0.152. The van der Waals surface area contributed by atoms with E-state index in [0.29, 0.717) is 0 Å². The first-order chi connectivity index (χ1) is 11.1. The van der Waals surface area contributed by atoms with Crippen molar-refractivity contribution >= 4 is 23.2 Å². The van der Waals surface area contributed by atoms with E-state index in [4.69, 9.17) is 4.74 Å². The van der Waals surface area contributed by atoms with Crippen LogP contribution >= 0.6 is 11.3 Å². The normalized spacial score (nSPS) is 11.7. The van der Waals surface area contributed by atoms with E-state index in [9.17, 15) is 14.0 Å². The van der Waals surface area contributed by atoms with Crippen molar-refractivity contribution in [2.45, 2.75) is 6.04 Å². The van der Waals surface area contributed by atoms with Crippen molar-refractivity contribution in [3.63, 3.8) is 0 Å². The summed E-state index contributed by atoms with van der Waals surface area (Å²) in [4.78, 5) is 24.1. The summed E-state index contributed by atoms with van der Waals surface area (Å²) in [6.07, 6.45) is 0. The lowest BCUT2D eigenvalue weighted by Crippen LogP contribution is -2.33. The molecule has 0 aliphatic heterocycles. The highest BCUT2D eigenvalue weighted by Crippen LogP contribution is 2.26. The van der Waals surface area contributed by atoms with Gasteiger partial charge in [-0.15, -0.1) is 11.3 Å². The molecule has 0 bridgehead atoms. The Kier molecular flexibility index (Phi) is 6.25. The van der Waals surface area contributed by atoms with Gasteiger partial charge in [0.2, 0.25) is 0 Å². The van der Waals surface area contributed by atoms with Gasteiger partial charge in [0.05, 0.1) is 6.04 Å². The number of nitrogens with one attached hydrogen (secondary N) is 1. The van der Waals surface area contributed by atoms with Gasteiger partial charge < -0.3 is 14.8 Å². The summed E-state index contributed by atoms with van der Waals surface area (Å²) in [7, 11) is 1.36. The van der Waals surface area contributed by atoms with E-state index < -0.39 is 24.5 Å². The van der Waals surface area contributed by atoms with Gasteiger partial charge in [0.1, 0.15) is 12.4 Å². The van der Waals surface area contributed by atoms with Crippen LogP contribution in [0.2, 0.25) is 0 Å². The molecule has 2 aromatic rings. The molecule has 1 aromatic heterocycles. The van der Waals surface area contributed by atoms with Gasteiger partial charge >= 0.3 is 5.97 Å². The molecular weight excluding hydrogens is 321 g/mol. The molecule has 122 valence electrons. The molecule has 0 unspecified atom stereocenters. The number of hydrogen-bond donors (Lipinski definition) is 1. The standard InChI is InChI=1S/C16H16FNO4S/c1-21-10-15(20)22-9-14(19)18-16(13-3-2-8-23-13)11-4-6-12(17)7-5-11/h2-8,16H,9-10H2,1H3,(H,18,19)/t16-/m0/s1. The molecule has 0 spiro atoms. The first-order valence-electron chi connectivity index (χ1n) is 6.83. The molecule has 0 radical (unpaired) electrons. The molecule has 1 heterocycles. The summed E-state index contributed by atoms with van der Waals surface area (Å²) in [5.41, 5.74) is 0.741. The van der Waals surface area contributed by atoms with E-state index in [1.165, 1.54) is 30.6 Å². The lowest BCUT2D eigenvalue weighted by Gasteiger charge is -2.18. The molecule has 0 saturated heterocycles. The zero-order valence-electron chi connectivity index (χ0n) is 12.5. The van der Waals surface area contributed by atoms with Crippen molar-refractivity contribution in [2.24, 2.45) is 0 Å². The SMILES string of the molecule is COCC(=O)OCC(=O)N[C@@H](c1ccc(F)cc1)c1cccs1. The van der Waals surface area contributed by atoms with Crippen LogP contribution in [0.1, 0.15) is 16.5 Å². The van der Waals surface area contributed by atoms with Crippen LogP contribution in [0.3, 0.4) is 0 Å². The molecule has 5 nitrogen and oxygen atoms in total. The minimum Gasteiger partial charge on any atom is -0.454 e. The number of benzene rings is 1. The number of thiophene rings is 1. The highest BCUT2D eigenvalue weighted by molar-refractivity contribution is 7.10. The molecule has 2 rings (SSSR count).